The summed E-state index contributed by atoms with van der Waals surface area (Å²) < 4.78 is 53.4. The number of rotatable bonds is 6. The van der Waals surface area contributed by atoms with Gasteiger partial charge < -0.3 is 9.88 Å². The molecule has 4 rings (SSSR count). The van der Waals surface area contributed by atoms with Gasteiger partial charge in [0.2, 0.25) is 5.43 Å². The molecule has 0 aliphatic heterocycles. The first-order valence-electron chi connectivity index (χ1n) is 11.2. The Morgan fingerprint density at radius 2 is 1.83 bits per heavy atom. The molecular weight excluding hydrogens is 477 g/mol. The summed E-state index contributed by atoms with van der Waals surface area (Å²) in [5.41, 5.74) is -0.0300. The van der Waals surface area contributed by atoms with E-state index in [1.165, 1.54) is 18.3 Å². The van der Waals surface area contributed by atoms with E-state index in [0.29, 0.717) is 10.6 Å². The number of nitrogens with one attached hydrogen (secondary N) is 1. The van der Waals surface area contributed by atoms with Crippen molar-refractivity contribution >= 4 is 16.7 Å². The van der Waals surface area contributed by atoms with Crippen LogP contribution in [-0.4, -0.2) is 20.9 Å². The number of carbonyl (C=O) groups is 1. The predicted molar refractivity (Wildman–Crippen MR) is 129 cm³/mol. The third-order valence-electron chi connectivity index (χ3n) is 6.39. The molecule has 1 aromatic heterocycles. The van der Waals surface area contributed by atoms with Crippen molar-refractivity contribution in [1.29, 1.82) is 0 Å². The normalized spacial score (nSPS) is 14.9. The Labute approximate surface area is 203 Å². The van der Waals surface area contributed by atoms with Crippen LogP contribution >= 0.6 is 0 Å². The quantitative estimate of drug-likeness (QED) is 0.502. The molecule has 0 bridgehead atoms. The number of hydrogen-bond acceptors (Lipinski definition) is 3. The molecule has 1 heterocycles. The van der Waals surface area contributed by atoms with Gasteiger partial charge in [-0.05, 0) is 61.6 Å². The number of alkyl halides is 3. The molecule has 3 aromatic rings. The molecule has 0 spiro atoms. The third-order valence-corrected chi connectivity index (χ3v) is 7.32. The van der Waals surface area contributed by atoms with E-state index >= 15 is 0 Å². The lowest BCUT2D eigenvalue weighted by molar-refractivity contribution is -0.137. The Kier molecular flexibility index (Phi) is 6.98. The summed E-state index contributed by atoms with van der Waals surface area (Å²) in [4.78, 5) is 27.1. The first-order chi connectivity index (χ1) is 16.6. The van der Waals surface area contributed by atoms with Gasteiger partial charge in [0.15, 0.2) is 0 Å². The largest absolute Gasteiger partial charge is 0.416 e. The number of benzene rings is 2. The Balaban J connectivity index is 1.71. The number of pyridine rings is 1. The second kappa shape index (κ2) is 9.81. The Bertz CT molecular complexity index is 1340. The molecule has 1 fully saturated rings. The van der Waals surface area contributed by atoms with Crippen molar-refractivity contribution in [3.05, 3.63) is 87.3 Å². The van der Waals surface area contributed by atoms with E-state index in [9.17, 15) is 27.0 Å². The monoisotopic (exact) mass is 502 g/mol. The van der Waals surface area contributed by atoms with Crippen LogP contribution in [0.15, 0.2) is 64.4 Å². The van der Waals surface area contributed by atoms with Crippen molar-refractivity contribution in [3.8, 4) is 11.1 Å². The van der Waals surface area contributed by atoms with Crippen LogP contribution in [0.2, 0.25) is 0 Å². The van der Waals surface area contributed by atoms with Crippen LogP contribution in [0, 0.1) is 6.92 Å². The molecule has 1 N–H and O–H groups in total. The van der Waals surface area contributed by atoms with Crippen LogP contribution in [0.25, 0.3) is 11.1 Å². The van der Waals surface area contributed by atoms with Gasteiger partial charge in [-0.1, -0.05) is 24.3 Å². The first kappa shape index (κ1) is 24.9. The summed E-state index contributed by atoms with van der Waals surface area (Å²) in [6.07, 6.45) is 1.30. The average molecular weight is 503 g/mol. The van der Waals surface area contributed by atoms with Crippen molar-refractivity contribution in [1.82, 2.24) is 9.88 Å². The van der Waals surface area contributed by atoms with Gasteiger partial charge in [-0.25, -0.2) is 0 Å². The molecule has 5 nitrogen and oxygen atoms in total. The van der Waals surface area contributed by atoms with E-state index in [4.69, 9.17) is 0 Å². The van der Waals surface area contributed by atoms with Gasteiger partial charge in [-0.2, -0.15) is 13.2 Å². The topological polar surface area (TPSA) is 68.2 Å². The molecular formula is C26H25F3N2O3S. The van der Waals surface area contributed by atoms with E-state index in [1.807, 2.05) is 4.57 Å². The van der Waals surface area contributed by atoms with E-state index in [0.717, 1.165) is 37.0 Å². The van der Waals surface area contributed by atoms with Crippen LogP contribution in [-0.2, 0) is 23.5 Å². The van der Waals surface area contributed by atoms with Crippen LogP contribution in [0.1, 0.15) is 52.5 Å². The zero-order valence-corrected chi connectivity index (χ0v) is 20.1. The fourth-order valence-electron chi connectivity index (χ4n) is 4.20. The molecule has 1 unspecified atom stereocenters. The van der Waals surface area contributed by atoms with Crippen LogP contribution in [0.5, 0.6) is 0 Å². The summed E-state index contributed by atoms with van der Waals surface area (Å²) in [5.74, 6) is -0.598. The standard InChI is InChI=1S/C26H25F3N2O3S/c1-16-23(18-5-3-6-19(13-18)26(27,28)29)24(32)22(15-31(16)20-7-4-8-20)25(33)30-14-17-9-11-21(12-10-17)35(2)34/h3,5-6,9-13,15,20H,4,7-8,14H2,1-2H3,(H,30,33). The van der Waals surface area contributed by atoms with Gasteiger partial charge in [-0.3, -0.25) is 13.8 Å². The highest BCUT2D eigenvalue weighted by Gasteiger charge is 2.31. The summed E-state index contributed by atoms with van der Waals surface area (Å²) in [7, 11) is -1.12. The Hall–Kier alpha value is -3.20. The van der Waals surface area contributed by atoms with E-state index < -0.39 is 33.9 Å². The van der Waals surface area contributed by atoms with Crippen molar-refractivity contribution in [2.45, 2.75) is 49.8 Å². The minimum atomic E-state index is -4.55. The minimum Gasteiger partial charge on any atom is -0.348 e. The maximum Gasteiger partial charge on any atom is 0.416 e. The Morgan fingerprint density at radius 3 is 2.40 bits per heavy atom. The lowest BCUT2D eigenvalue weighted by Crippen LogP contribution is -2.32. The molecule has 9 heteroatoms. The lowest BCUT2D eigenvalue weighted by Gasteiger charge is -2.31. The van der Waals surface area contributed by atoms with E-state index in [-0.39, 0.29) is 29.3 Å². The molecule has 1 amide bonds. The number of nitrogens with zero attached hydrogens (tertiary/aromatic N) is 1. The van der Waals surface area contributed by atoms with Crippen LogP contribution in [0.4, 0.5) is 13.2 Å². The zero-order chi connectivity index (χ0) is 25.3. The molecule has 184 valence electrons. The summed E-state index contributed by atoms with van der Waals surface area (Å²) in [5, 5.41) is 2.73. The average Bonchev–Trinajstić information content (AvgIpc) is 2.78. The smallest absolute Gasteiger partial charge is 0.348 e. The van der Waals surface area contributed by atoms with Crippen LogP contribution in [0.3, 0.4) is 0 Å². The molecule has 1 saturated carbocycles. The lowest BCUT2D eigenvalue weighted by atomic mass is 9.90. The highest BCUT2D eigenvalue weighted by atomic mass is 32.2. The number of amides is 1. The number of hydrogen-bond donors (Lipinski definition) is 1. The van der Waals surface area contributed by atoms with E-state index in [2.05, 4.69) is 5.32 Å². The highest BCUT2D eigenvalue weighted by molar-refractivity contribution is 7.84. The van der Waals surface area contributed by atoms with Gasteiger partial charge in [0, 0.05) is 52.0 Å². The van der Waals surface area contributed by atoms with Gasteiger partial charge >= 0.3 is 6.18 Å². The SMILES string of the molecule is Cc1c(-c2cccc(C(F)(F)F)c2)c(=O)c(C(=O)NCc2ccc(S(C)=O)cc2)cn1C1CCC1. The minimum absolute atomic E-state index is 0.0918. The molecule has 1 aliphatic carbocycles. The van der Waals surface area contributed by atoms with Crippen LogP contribution < -0.4 is 10.7 Å². The highest BCUT2D eigenvalue weighted by Crippen LogP contribution is 2.36. The molecule has 35 heavy (non-hydrogen) atoms. The van der Waals surface area contributed by atoms with Crippen molar-refractivity contribution < 1.29 is 22.2 Å². The third kappa shape index (κ3) is 5.24. The zero-order valence-electron chi connectivity index (χ0n) is 19.3. The number of carbonyl (C=O) groups excluding carboxylic acids is 1. The molecule has 0 saturated heterocycles. The fourth-order valence-corrected chi connectivity index (χ4v) is 4.72. The molecule has 2 aromatic carbocycles. The summed E-state index contributed by atoms with van der Waals surface area (Å²) >= 11 is 0. The maximum atomic E-state index is 13.4. The fraction of sp³-hybridized carbons (Fsp3) is 0.308. The first-order valence-corrected chi connectivity index (χ1v) is 12.8. The molecule has 0 radical (unpaired) electrons. The number of halogens is 3. The second-order valence-electron chi connectivity index (χ2n) is 8.68. The summed E-state index contributed by atoms with van der Waals surface area (Å²) in [6, 6.07) is 11.6. The maximum absolute atomic E-state index is 13.4. The molecule has 1 atom stereocenters. The van der Waals surface area contributed by atoms with Gasteiger partial charge in [0.05, 0.1) is 5.56 Å². The molecule has 1 aliphatic rings. The second-order valence-corrected chi connectivity index (χ2v) is 10.1. The predicted octanol–water partition coefficient (Wildman–Crippen LogP) is 5.23. The van der Waals surface area contributed by atoms with E-state index in [1.54, 1.807) is 37.4 Å². The van der Waals surface area contributed by atoms with Crippen molar-refractivity contribution in [2.24, 2.45) is 0 Å². The van der Waals surface area contributed by atoms with Gasteiger partial charge in [-0.15, -0.1) is 0 Å². The van der Waals surface area contributed by atoms with Gasteiger partial charge in [0.25, 0.3) is 5.91 Å². The Morgan fingerprint density at radius 1 is 1.14 bits per heavy atom. The van der Waals surface area contributed by atoms with Crippen molar-refractivity contribution in [3.63, 3.8) is 0 Å². The van der Waals surface area contributed by atoms with Gasteiger partial charge in [0.1, 0.15) is 5.56 Å². The van der Waals surface area contributed by atoms with Crippen molar-refractivity contribution in [2.75, 3.05) is 6.26 Å². The number of aromatic nitrogens is 1. The summed E-state index contributed by atoms with van der Waals surface area (Å²) in [6.45, 7) is 1.85.